The van der Waals surface area contributed by atoms with Crippen molar-refractivity contribution in [3.05, 3.63) is 76.2 Å². The number of ether oxygens (including phenoxy) is 1. The van der Waals surface area contributed by atoms with Crippen molar-refractivity contribution in [2.45, 2.75) is 52.3 Å². The first-order valence-corrected chi connectivity index (χ1v) is 11.5. The Bertz CT molecular complexity index is 1370. The number of hydrogen-bond acceptors (Lipinski definition) is 5. The molecule has 0 bridgehead atoms. The highest BCUT2D eigenvalue weighted by Crippen LogP contribution is 2.30. The summed E-state index contributed by atoms with van der Waals surface area (Å²) in [5.74, 6) is -0.634. The van der Waals surface area contributed by atoms with Crippen LogP contribution in [0.15, 0.2) is 47.0 Å². The summed E-state index contributed by atoms with van der Waals surface area (Å²) in [6.45, 7) is 5.42. The van der Waals surface area contributed by atoms with Crippen LogP contribution in [0.5, 0.6) is 5.75 Å². The van der Waals surface area contributed by atoms with Gasteiger partial charge in [-0.25, -0.2) is 4.79 Å². The maximum atomic E-state index is 12.8. The number of carboxylic acids is 1. The topological polar surface area (TPSA) is 90.4 Å². The maximum absolute atomic E-state index is 12.8. The second-order valence-corrected chi connectivity index (χ2v) is 8.96. The lowest BCUT2D eigenvalue weighted by Gasteiger charge is -2.10. The van der Waals surface area contributed by atoms with Gasteiger partial charge in [0.25, 0.3) is 0 Å². The van der Waals surface area contributed by atoms with Gasteiger partial charge in [0.05, 0.1) is 17.0 Å². The van der Waals surface area contributed by atoms with Crippen LogP contribution in [0.25, 0.3) is 11.0 Å². The highest BCUT2D eigenvalue weighted by Gasteiger charge is 2.30. The molecule has 0 spiro atoms. The van der Waals surface area contributed by atoms with Crippen molar-refractivity contribution >= 4 is 16.9 Å². The van der Waals surface area contributed by atoms with Crippen LogP contribution in [0.1, 0.15) is 53.7 Å². The number of fused-ring (bicyclic) bond motifs is 1. The van der Waals surface area contributed by atoms with Crippen molar-refractivity contribution in [2.75, 3.05) is 6.61 Å². The number of nitrogens with zero attached hydrogens (tertiary/aromatic N) is 3. The summed E-state index contributed by atoms with van der Waals surface area (Å²) in [4.78, 5) is 10.8. The van der Waals surface area contributed by atoms with E-state index in [2.05, 4.69) is 10.3 Å². The van der Waals surface area contributed by atoms with Gasteiger partial charge < -0.3 is 14.4 Å². The van der Waals surface area contributed by atoms with Crippen LogP contribution >= 0.6 is 0 Å². The van der Waals surface area contributed by atoms with Gasteiger partial charge in [-0.3, -0.25) is 4.68 Å². The third-order valence-electron chi connectivity index (χ3n) is 5.83. The Hall–Kier alpha value is -3.82. The van der Waals surface area contributed by atoms with Crippen molar-refractivity contribution in [1.29, 1.82) is 0 Å². The predicted octanol–water partition coefficient (Wildman–Crippen LogP) is 5.77. The first kappa shape index (κ1) is 25.3. The molecule has 190 valence electrons. The lowest BCUT2D eigenvalue weighted by atomic mass is 10.1. The average Bonchev–Trinajstić information content (AvgIpc) is 3.39. The van der Waals surface area contributed by atoms with Gasteiger partial charge in [-0.05, 0) is 69.0 Å². The number of alkyl halides is 3. The number of carbonyl (C=O) groups is 1. The standard InChI is InChI=1S/C26H26F3N3O4/c1-15(2)32-20(12-19(30-32)11-17-4-6-18(7-5-17)26(27,28)29)8-9-22-21-10-16(3)23(35-14-25(33)34)13-24(21)36-31-22/h4-7,10,12-13,15H,8-9,11,14H2,1-3H3,(H,33,34). The van der Waals surface area contributed by atoms with Crippen LogP contribution in [0.3, 0.4) is 0 Å². The van der Waals surface area contributed by atoms with Crippen LogP contribution in [-0.2, 0) is 30.2 Å². The number of aromatic nitrogens is 3. The minimum Gasteiger partial charge on any atom is -0.481 e. The number of hydrogen-bond donors (Lipinski definition) is 1. The van der Waals surface area contributed by atoms with E-state index in [1.54, 1.807) is 6.07 Å². The lowest BCUT2D eigenvalue weighted by Crippen LogP contribution is -2.10. The molecule has 2 heterocycles. The predicted molar refractivity (Wildman–Crippen MR) is 126 cm³/mol. The molecule has 0 unspecified atom stereocenters. The molecule has 0 saturated carbocycles. The van der Waals surface area contributed by atoms with Crippen molar-refractivity contribution in [2.24, 2.45) is 0 Å². The molecule has 0 fully saturated rings. The molecule has 1 N–H and O–H groups in total. The van der Waals surface area contributed by atoms with E-state index in [4.69, 9.17) is 14.4 Å². The Labute approximate surface area is 205 Å². The van der Waals surface area contributed by atoms with E-state index in [-0.39, 0.29) is 6.04 Å². The number of carboxylic acid groups (broad SMARTS) is 1. The zero-order valence-corrected chi connectivity index (χ0v) is 20.1. The van der Waals surface area contributed by atoms with E-state index in [1.807, 2.05) is 37.6 Å². The fourth-order valence-electron chi connectivity index (χ4n) is 4.08. The van der Waals surface area contributed by atoms with E-state index in [0.717, 1.165) is 45.7 Å². The summed E-state index contributed by atoms with van der Waals surface area (Å²) in [6.07, 6.45) is -2.71. The molecule has 0 aliphatic carbocycles. The molecular formula is C26H26F3N3O4. The first-order valence-electron chi connectivity index (χ1n) is 11.5. The normalized spacial score (nSPS) is 12.0. The third kappa shape index (κ3) is 5.69. The number of halogens is 3. The van der Waals surface area contributed by atoms with Gasteiger partial charge in [-0.15, -0.1) is 0 Å². The van der Waals surface area contributed by atoms with Gasteiger partial charge in [0.1, 0.15) is 5.75 Å². The minimum absolute atomic E-state index is 0.103. The number of aliphatic carboxylic acids is 1. The summed E-state index contributed by atoms with van der Waals surface area (Å²) in [7, 11) is 0. The molecule has 2 aromatic heterocycles. The van der Waals surface area contributed by atoms with Crippen LogP contribution in [-0.4, -0.2) is 32.6 Å². The molecule has 4 rings (SSSR count). The molecule has 0 aliphatic rings. The number of aryl methyl sites for hydroxylation is 3. The Morgan fingerprint density at radius 2 is 1.86 bits per heavy atom. The molecular weight excluding hydrogens is 475 g/mol. The monoisotopic (exact) mass is 501 g/mol. The third-order valence-corrected chi connectivity index (χ3v) is 5.83. The fourth-order valence-corrected chi connectivity index (χ4v) is 4.08. The van der Waals surface area contributed by atoms with Crippen LogP contribution in [0.2, 0.25) is 0 Å². The fraction of sp³-hybridized carbons (Fsp3) is 0.346. The zero-order valence-electron chi connectivity index (χ0n) is 20.1. The van der Waals surface area contributed by atoms with Crippen molar-refractivity contribution in [3.8, 4) is 5.75 Å². The largest absolute Gasteiger partial charge is 0.481 e. The number of rotatable bonds is 9. The molecule has 10 heteroatoms. The van der Waals surface area contributed by atoms with Crippen molar-refractivity contribution in [1.82, 2.24) is 14.9 Å². The molecule has 4 aromatic rings. The molecule has 0 atom stereocenters. The molecule has 0 saturated heterocycles. The lowest BCUT2D eigenvalue weighted by molar-refractivity contribution is -0.139. The summed E-state index contributed by atoms with van der Waals surface area (Å²) in [6, 6.07) is 10.7. The van der Waals surface area contributed by atoms with E-state index in [0.29, 0.717) is 30.6 Å². The molecule has 0 aliphatic heterocycles. The van der Waals surface area contributed by atoms with Crippen LogP contribution < -0.4 is 4.74 Å². The van der Waals surface area contributed by atoms with Gasteiger partial charge in [-0.1, -0.05) is 17.3 Å². The van der Waals surface area contributed by atoms with E-state index >= 15 is 0 Å². The molecule has 2 aromatic carbocycles. The smallest absolute Gasteiger partial charge is 0.416 e. The molecule has 0 radical (unpaired) electrons. The number of benzene rings is 2. The summed E-state index contributed by atoms with van der Waals surface area (Å²) in [5, 5.41) is 18.5. The van der Waals surface area contributed by atoms with Gasteiger partial charge in [-0.2, -0.15) is 18.3 Å². The highest BCUT2D eigenvalue weighted by molar-refractivity contribution is 5.82. The van der Waals surface area contributed by atoms with E-state index < -0.39 is 24.3 Å². The van der Waals surface area contributed by atoms with E-state index in [1.165, 1.54) is 12.1 Å². The van der Waals surface area contributed by atoms with Gasteiger partial charge in [0.15, 0.2) is 12.2 Å². The second kappa shape index (κ2) is 10.0. The van der Waals surface area contributed by atoms with E-state index in [9.17, 15) is 18.0 Å². The van der Waals surface area contributed by atoms with Crippen molar-refractivity contribution < 1.29 is 32.3 Å². The SMILES string of the molecule is Cc1cc2c(CCc3cc(Cc4ccc(C(F)(F)F)cc4)nn3C(C)C)noc2cc1OCC(=O)O. The van der Waals surface area contributed by atoms with Crippen LogP contribution in [0, 0.1) is 6.92 Å². The zero-order chi connectivity index (χ0) is 26.0. The minimum atomic E-state index is -4.36. The average molecular weight is 502 g/mol. The Balaban J connectivity index is 1.50. The first-order chi connectivity index (χ1) is 17.0. The van der Waals surface area contributed by atoms with Crippen LogP contribution in [0.4, 0.5) is 13.2 Å². The van der Waals surface area contributed by atoms with Crippen molar-refractivity contribution in [3.63, 3.8) is 0 Å². The van der Waals surface area contributed by atoms with Gasteiger partial charge in [0, 0.05) is 29.6 Å². The maximum Gasteiger partial charge on any atom is 0.416 e. The highest BCUT2D eigenvalue weighted by atomic mass is 19.4. The van der Waals surface area contributed by atoms with Gasteiger partial charge in [0.2, 0.25) is 0 Å². The molecule has 36 heavy (non-hydrogen) atoms. The Kier molecular flexibility index (Phi) is 7.05. The summed E-state index contributed by atoms with van der Waals surface area (Å²) in [5.41, 5.74) is 3.90. The quantitative estimate of drug-likeness (QED) is 0.313. The second-order valence-electron chi connectivity index (χ2n) is 8.96. The molecule has 0 amide bonds. The Morgan fingerprint density at radius 3 is 2.50 bits per heavy atom. The molecule has 7 nitrogen and oxygen atoms in total. The Morgan fingerprint density at radius 1 is 1.14 bits per heavy atom. The summed E-state index contributed by atoms with van der Waals surface area (Å²) >= 11 is 0. The van der Waals surface area contributed by atoms with Gasteiger partial charge >= 0.3 is 12.1 Å². The summed E-state index contributed by atoms with van der Waals surface area (Å²) < 4.78 is 51.2.